The number of rotatable bonds is 3. The first-order chi connectivity index (χ1) is 7.29. The molecule has 1 aromatic carbocycles. The Morgan fingerprint density at radius 1 is 1.40 bits per heavy atom. The summed E-state index contributed by atoms with van der Waals surface area (Å²) in [6.45, 7) is 4.54. The van der Waals surface area contributed by atoms with Crippen LogP contribution in [0.1, 0.15) is 24.5 Å². The standard InChI is InChI=1S/C13H14N2/c1-3-4-5-9-15-13-8-6-7-11(2)12(13)10-14/h6-8,15H,5,9H2,1-2H3. The number of benzene rings is 1. The van der Waals surface area contributed by atoms with Gasteiger partial charge < -0.3 is 5.32 Å². The van der Waals surface area contributed by atoms with Gasteiger partial charge in [0, 0.05) is 13.0 Å². The minimum atomic E-state index is 0.724. The first-order valence-electron chi connectivity index (χ1n) is 4.92. The van der Waals surface area contributed by atoms with Crippen molar-refractivity contribution >= 4 is 5.69 Å². The Balaban J connectivity index is 2.72. The average molecular weight is 198 g/mol. The van der Waals surface area contributed by atoms with Gasteiger partial charge in [0.05, 0.1) is 11.3 Å². The summed E-state index contributed by atoms with van der Waals surface area (Å²) in [5.41, 5.74) is 2.63. The Hall–Kier alpha value is -1.93. The largest absolute Gasteiger partial charge is 0.383 e. The summed E-state index contributed by atoms with van der Waals surface area (Å²) in [5, 5.41) is 12.2. The molecular formula is C13H14N2. The third-order valence-electron chi connectivity index (χ3n) is 2.13. The molecule has 0 atom stereocenters. The normalized spacial score (nSPS) is 8.60. The van der Waals surface area contributed by atoms with Crippen molar-refractivity contribution in [1.82, 2.24) is 0 Å². The van der Waals surface area contributed by atoms with E-state index >= 15 is 0 Å². The number of anilines is 1. The molecule has 2 heteroatoms. The second kappa shape index (κ2) is 5.73. The first kappa shape index (κ1) is 11.1. The molecule has 1 rings (SSSR count). The molecule has 0 amide bonds. The Bertz CT molecular complexity index is 430. The lowest BCUT2D eigenvalue weighted by Crippen LogP contribution is -2.03. The van der Waals surface area contributed by atoms with Crippen molar-refractivity contribution in [3.05, 3.63) is 29.3 Å². The molecule has 0 aliphatic heterocycles. The predicted molar refractivity (Wildman–Crippen MR) is 62.5 cm³/mol. The molecule has 0 unspecified atom stereocenters. The molecule has 1 N–H and O–H groups in total. The molecule has 0 fully saturated rings. The summed E-state index contributed by atoms with van der Waals surface area (Å²) in [5.74, 6) is 5.81. The molecule has 0 aromatic heterocycles. The highest BCUT2D eigenvalue weighted by Crippen LogP contribution is 2.17. The molecule has 15 heavy (non-hydrogen) atoms. The summed E-state index contributed by atoms with van der Waals surface area (Å²) >= 11 is 0. The van der Waals surface area contributed by atoms with Crippen molar-refractivity contribution < 1.29 is 0 Å². The summed E-state index contributed by atoms with van der Waals surface area (Å²) in [6, 6.07) is 8.02. The molecule has 2 nitrogen and oxygen atoms in total. The van der Waals surface area contributed by atoms with E-state index in [9.17, 15) is 0 Å². The zero-order valence-electron chi connectivity index (χ0n) is 9.09. The maximum absolute atomic E-state index is 8.98. The molecule has 0 saturated heterocycles. The average Bonchev–Trinajstić information content (AvgIpc) is 2.24. The van der Waals surface area contributed by atoms with E-state index in [1.54, 1.807) is 0 Å². The SMILES string of the molecule is CC#CCCNc1cccc(C)c1C#N. The van der Waals surface area contributed by atoms with Gasteiger partial charge in [-0.05, 0) is 25.5 Å². The van der Waals surface area contributed by atoms with Crippen LogP contribution in [0.25, 0.3) is 0 Å². The van der Waals surface area contributed by atoms with Gasteiger partial charge in [-0.1, -0.05) is 12.1 Å². The van der Waals surface area contributed by atoms with Gasteiger partial charge in [-0.15, -0.1) is 11.8 Å². The molecular weight excluding hydrogens is 184 g/mol. The molecule has 1 aromatic rings. The molecule has 0 bridgehead atoms. The van der Waals surface area contributed by atoms with E-state index in [2.05, 4.69) is 23.2 Å². The molecule has 0 aliphatic carbocycles. The predicted octanol–water partition coefficient (Wildman–Crippen LogP) is 2.69. The van der Waals surface area contributed by atoms with Crippen molar-refractivity contribution in [2.75, 3.05) is 11.9 Å². The van der Waals surface area contributed by atoms with E-state index in [0.29, 0.717) is 0 Å². The van der Waals surface area contributed by atoms with Crippen LogP contribution in [0.5, 0.6) is 0 Å². The van der Waals surface area contributed by atoms with E-state index in [0.717, 1.165) is 29.8 Å². The van der Waals surface area contributed by atoms with Crippen LogP contribution in [0, 0.1) is 30.1 Å². The fraction of sp³-hybridized carbons (Fsp3) is 0.308. The van der Waals surface area contributed by atoms with Crippen molar-refractivity contribution in [1.29, 1.82) is 5.26 Å². The van der Waals surface area contributed by atoms with Crippen LogP contribution < -0.4 is 5.32 Å². The Morgan fingerprint density at radius 2 is 2.20 bits per heavy atom. The van der Waals surface area contributed by atoms with Crippen LogP contribution in [0.15, 0.2) is 18.2 Å². The summed E-state index contributed by atoms with van der Waals surface area (Å²) in [4.78, 5) is 0. The van der Waals surface area contributed by atoms with Gasteiger partial charge in [-0.2, -0.15) is 5.26 Å². The summed E-state index contributed by atoms with van der Waals surface area (Å²) in [6.07, 6.45) is 0.801. The number of nitriles is 1. The van der Waals surface area contributed by atoms with Gasteiger partial charge in [0.15, 0.2) is 0 Å². The smallest absolute Gasteiger partial charge is 0.102 e. The van der Waals surface area contributed by atoms with Crippen LogP contribution in [-0.2, 0) is 0 Å². The minimum Gasteiger partial charge on any atom is -0.383 e. The molecule has 0 aliphatic rings. The third kappa shape index (κ3) is 3.04. The number of hydrogen-bond donors (Lipinski definition) is 1. The maximum atomic E-state index is 8.98. The fourth-order valence-electron chi connectivity index (χ4n) is 1.35. The van der Waals surface area contributed by atoms with Gasteiger partial charge >= 0.3 is 0 Å². The molecule has 76 valence electrons. The quantitative estimate of drug-likeness (QED) is 0.598. The third-order valence-corrected chi connectivity index (χ3v) is 2.13. The zero-order chi connectivity index (χ0) is 11.1. The molecule has 0 spiro atoms. The highest BCUT2D eigenvalue weighted by Gasteiger charge is 2.02. The Morgan fingerprint density at radius 3 is 2.87 bits per heavy atom. The molecule has 0 radical (unpaired) electrons. The number of hydrogen-bond acceptors (Lipinski definition) is 2. The van der Waals surface area contributed by atoms with E-state index < -0.39 is 0 Å². The number of nitrogens with one attached hydrogen (secondary N) is 1. The highest BCUT2D eigenvalue weighted by atomic mass is 14.9. The van der Waals surface area contributed by atoms with E-state index in [1.165, 1.54) is 0 Å². The van der Waals surface area contributed by atoms with Gasteiger partial charge in [-0.3, -0.25) is 0 Å². The van der Waals surface area contributed by atoms with Gasteiger partial charge in [0.1, 0.15) is 6.07 Å². The van der Waals surface area contributed by atoms with Crippen LogP contribution >= 0.6 is 0 Å². The lowest BCUT2D eigenvalue weighted by atomic mass is 10.1. The van der Waals surface area contributed by atoms with Crippen molar-refractivity contribution in [2.24, 2.45) is 0 Å². The van der Waals surface area contributed by atoms with Gasteiger partial charge in [-0.25, -0.2) is 0 Å². The lowest BCUT2D eigenvalue weighted by molar-refractivity contribution is 1.09. The second-order valence-corrected chi connectivity index (χ2v) is 3.21. The summed E-state index contributed by atoms with van der Waals surface area (Å²) in [7, 11) is 0. The monoisotopic (exact) mass is 198 g/mol. The van der Waals surface area contributed by atoms with Crippen LogP contribution in [0.2, 0.25) is 0 Å². The zero-order valence-corrected chi connectivity index (χ0v) is 9.09. The van der Waals surface area contributed by atoms with Crippen molar-refractivity contribution in [3.63, 3.8) is 0 Å². The number of aryl methyl sites for hydroxylation is 1. The van der Waals surface area contributed by atoms with Crippen molar-refractivity contribution in [2.45, 2.75) is 20.3 Å². The molecule has 0 heterocycles. The highest BCUT2D eigenvalue weighted by molar-refractivity contribution is 5.60. The van der Waals surface area contributed by atoms with Crippen LogP contribution in [0.4, 0.5) is 5.69 Å². The Kier molecular flexibility index (Phi) is 4.26. The van der Waals surface area contributed by atoms with Gasteiger partial charge in [0.2, 0.25) is 0 Å². The maximum Gasteiger partial charge on any atom is 0.102 e. The molecule has 0 saturated carbocycles. The minimum absolute atomic E-state index is 0.724. The lowest BCUT2D eigenvalue weighted by Gasteiger charge is -2.07. The van der Waals surface area contributed by atoms with Gasteiger partial charge in [0.25, 0.3) is 0 Å². The fourth-order valence-corrected chi connectivity index (χ4v) is 1.35. The van der Waals surface area contributed by atoms with E-state index in [4.69, 9.17) is 5.26 Å². The second-order valence-electron chi connectivity index (χ2n) is 3.21. The van der Waals surface area contributed by atoms with E-state index in [-0.39, 0.29) is 0 Å². The van der Waals surface area contributed by atoms with Crippen LogP contribution in [-0.4, -0.2) is 6.54 Å². The first-order valence-corrected chi connectivity index (χ1v) is 4.92. The van der Waals surface area contributed by atoms with Crippen LogP contribution in [0.3, 0.4) is 0 Å². The van der Waals surface area contributed by atoms with Crippen molar-refractivity contribution in [3.8, 4) is 17.9 Å². The topological polar surface area (TPSA) is 35.8 Å². The summed E-state index contributed by atoms with van der Waals surface area (Å²) < 4.78 is 0. The number of nitrogens with zero attached hydrogens (tertiary/aromatic N) is 1. The van der Waals surface area contributed by atoms with E-state index in [1.807, 2.05) is 32.0 Å². The Labute approximate surface area is 90.9 Å².